The third-order valence-corrected chi connectivity index (χ3v) is 3.60. The van der Waals surface area contributed by atoms with E-state index in [0.29, 0.717) is 32.0 Å². The molecular weight excluding hydrogens is 280 g/mol. The molecule has 1 aromatic carbocycles. The van der Waals surface area contributed by atoms with E-state index in [1.807, 2.05) is 34.9 Å². The zero-order chi connectivity index (χ0) is 15.2. The second-order valence-electron chi connectivity index (χ2n) is 5.42. The molecule has 0 spiro atoms. The molecule has 2 aromatic rings. The Bertz CT molecular complexity index is 608. The van der Waals surface area contributed by atoms with Crippen molar-refractivity contribution < 1.29 is 9.53 Å². The van der Waals surface area contributed by atoms with Crippen LogP contribution in [0, 0.1) is 0 Å². The first-order valence-corrected chi connectivity index (χ1v) is 7.65. The average Bonchev–Trinajstić information content (AvgIpc) is 3.28. The van der Waals surface area contributed by atoms with Gasteiger partial charge in [0.2, 0.25) is 5.91 Å². The molecule has 0 bridgehead atoms. The second-order valence-corrected chi connectivity index (χ2v) is 5.42. The van der Waals surface area contributed by atoms with Crippen molar-refractivity contribution in [3.63, 3.8) is 0 Å². The quantitative estimate of drug-likeness (QED) is 0.806. The fourth-order valence-corrected chi connectivity index (χ4v) is 2.28. The lowest BCUT2D eigenvalue weighted by atomic mass is 10.3. The number of benzene rings is 1. The lowest BCUT2D eigenvalue weighted by Gasteiger charge is -2.08. The van der Waals surface area contributed by atoms with Crippen LogP contribution in [0.25, 0.3) is 0 Å². The molecule has 1 heterocycles. The summed E-state index contributed by atoms with van der Waals surface area (Å²) >= 11 is 0. The van der Waals surface area contributed by atoms with Crippen molar-refractivity contribution in [2.45, 2.75) is 31.7 Å². The van der Waals surface area contributed by atoms with Crippen LogP contribution in [0.15, 0.2) is 36.7 Å². The fourth-order valence-electron chi connectivity index (χ4n) is 2.28. The monoisotopic (exact) mass is 300 g/mol. The van der Waals surface area contributed by atoms with Crippen LogP contribution in [0.3, 0.4) is 0 Å². The molecule has 0 atom stereocenters. The van der Waals surface area contributed by atoms with Gasteiger partial charge in [0, 0.05) is 19.0 Å². The van der Waals surface area contributed by atoms with Crippen LogP contribution in [-0.2, 0) is 11.3 Å². The summed E-state index contributed by atoms with van der Waals surface area (Å²) in [5.41, 5.74) is 0. The summed E-state index contributed by atoms with van der Waals surface area (Å²) in [4.78, 5) is 11.8. The number of hydrogen-bond acceptors (Lipinski definition) is 4. The summed E-state index contributed by atoms with van der Waals surface area (Å²) in [7, 11) is 0. The number of amides is 1. The Balaban J connectivity index is 1.33. The Morgan fingerprint density at radius 3 is 2.91 bits per heavy atom. The molecule has 1 amide bonds. The maximum absolute atomic E-state index is 11.8. The van der Waals surface area contributed by atoms with Crippen LogP contribution in [0.2, 0.25) is 0 Å². The normalized spacial score (nSPS) is 13.8. The summed E-state index contributed by atoms with van der Waals surface area (Å²) in [5.74, 6) is 2.39. The third-order valence-electron chi connectivity index (χ3n) is 3.60. The molecule has 6 heteroatoms. The Morgan fingerprint density at radius 2 is 2.14 bits per heavy atom. The van der Waals surface area contributed by atoms with Gasteiger partial charge in [0.1, 0.15) is 17.9 Å². The topological polar surface area (TPSA) is 69.0 Å². The van der Waals surface area contributed by atoms with Crippen LogP contribution in [-0.4, -0.2) is 33.8 Å². The van der Waals surface area contributed by atoms with Crippen LogP contribution in [0.5, 0.6) is 5.75 Å². The summed E-state index contributed by atoms with van der Waals surface area (Å²) in [6, 6.07) is 9.51. The first-order chi connectivity index (χ1) is 10.8. The first-order valence-electron chi connectivity index (χ1n) is 7.65. The SMILES string of the molecule is O=C(CCOc1ccccc1)NCCn1cnnc1C1CC1. The molecule has 1 fully saturated rings. The fraction of sp³-hybridized carbons (Fsp3) is 0.438. The molecule has 6 nitrogen and oxygen atoms in total. The molecule has 1 N–H and O–H groups in total. The van der Waals surface area contributed by atoms with Gasteiger partial charge in [-0.05, 0) is 25.0 Å². The Labute approximate surface area is 129 Å². The lowest BCUT2D eigenvalue weighted by Crippen LogP contribution is -2.28. The number of carbonyl (C=O) groups is 1. The first kappa shape index (κ1) is 14.6. The smallest absolute Gasteiger partial charge is 0.223 e. The van der Waals surface area contributed by atoms with Crippen LogP contribution < -0.4 is 10.1 Å². The van der Waals surface area contributed by atoms with Gasteiger partial charge in [-0.15, -0.1) is 10.2 Å². The van der Waals surface area contributed by atoms with Crippen LogP contribution >= 0.6 is 0 Å². The summed E-state index contributed by atoms with van der Waals surface area (Å²) < 4.78 is 7.53. The predicted molar refractivity (Wildman–Crippen MR) is 81.6 cm³/mol. The van der Waals surface area contributed by atoms with Gasteiger partial charge in [-0.25, -0.2) is 0 Å². The largest absolute Gasteiger partial charge is 0.493 e. The average molecular weight is 300 g/mol. The van der Waals surface area contributed by atoms with Gasteiger partial charge >= 0.3 is 0 Å². The molecule has 0 unspecified atom stereocenters. The van der Waals surface area contributed by atoms with Gasteiger partial charge in [-0.2, -0.15) is 0 Å². The van der Waals surface area contributed by atoms with Crippen molar-refractivity contribution in [1.29, 1.82) is 0 Å². The van der Waals surface area contributed by atoms with Gasteiger partial charge in [-0.1, -0.05) is 18.2 Å². The van der Waals surface area contributed by atoms with Gasteiger partial charge in [0.15, 0.2) is 0 Å². The highest BCUT2D eigenvalue weighted by molar-refractivity contribution is 5.75. The number of para-hydroxylation sites is 1. The molecule has 116 valence electrons. The zero-order valence-corrected chi connectivity index (χ0v) is 12.4. The number of aromatic nitrogens is 3. The van der Waals surface area contributed by atoms with E-state index in [0.717, 1.165) is 11.6 Å². The van der Waals surface area contributed by atoms with Crippen molar-refractivity contribution in [3.8, 4) is 5.75 Å². The standard InChI is InChI=1S/C16H20N4O2/c21-15(8-11-22-14-4-2-1-3-5-14)17-9-10-20-12-18-19-16(20)13-6-7-13/h1-5,12-13H,6-11H2,(H,17,21). The highest BCUT2D eigenvalue weighted by atomic mass is 16.5. The maximum Gasteiger partial charge on any atom is 0.223 e. The van der Waals surface area contributed by atoms with Crippen LogP contribution in [0.4, 0.5) is 0 Å². The summed E-state index contributed by atoms with van der Waals surface area (Å²) in [5, 5.41) is 11.0. The molecular formula is C16H20N4O2. The van der Waals surface area contributed by atoms with E-state index >= 15 is 0 Å². The van der Waals surface area contributed by atoms with E-state index < -0.39 is 0 Å². The van der Waals surface area contributed by atoms with E-state index in [9.17, 15) is 4.79 Å². The van der Waals surface area contributed by atoms with Gasteiger partial charge in [0.25, 0.3) is 0 Å². The molecule has 0 aliphatic heterocycles. The van der Waals surface area contributed by atoms with Gasteiger partial charge in [0.05, 0.1) is 13.0 Å². The number of nitrogens with zero attached hydrogens (tertiary/aromatic N) is 3. The van der Waals surface area contributed by atoms with E-state index in [1.165, 1.54) is 12.8 Å². The van der Waals surface area contributed by atoms with E-state index in [4.69, 9.17) is 4.74 Å². The Morgan fingerprint density at radius 1 is 1.32 bits per heavy atom. The molecule has 1 saturated carbocycles. The van der Waals surface area contributed by atoms with Gasteiger partial charge in [-0.3, -0.25) is 4.79 Å². The minimum absolute atomic E-state index is 0.00280. The molecule has 22 heavy (non-hydrogen) atoms. The van der Waals surface area contributed by atoms with Gasteiger partial charge < -0.3 is 14.6 Å². The third kappa shape index (κ3) is 4.07. The predicted octanol–water partition coefficient (Wildman–Crippen LogP) is 1.74. The Hall–Kier alpha value is -2.37. The minimum atomic E-state index is -0.00280. The van der Waals surface area contributed by atoms with E-state index in [1.54, 1.807) is 6.33 Å². The van der Waals surface area contributed by atoms with Crippen molar-refractivity contribution >= 4 is 5.91 Å². The van der Waals surface area contributed by atoms with Crippen molar-refractivity contribution in [1.82, 2.24) is 20.1 Å². The lowest BCUT2D eigenvalue weighted by molar-refractivity contribution is -0.121. The number of ether oxygens (including phenoxy) is 1. The number of carbonyl (C=O) groups excluding carboxylic acids is 1. The highest BCUT2D eigenvalue weighted by Gasteiger charge is 2.28. The van der Waals surface area contributed by atoms with Crippen molar-refractivity contribution in [2.75, 3.05) is 13.2 Å². The summed E-state index contributed by atoms with van der Waals surface area (Å²) in [6.07, 6.45) is 4.48. The van der Waals surface area contributed by atoms with Crippen molar-refractivity contribution in [2.24, 2.45) is 0 Å². The zero-order valence-electron chi connectivity index (χ0n) is 12.4. The molecule has 1 aliphatic rings. The van der Waals surface area contributed by atoms with Crippen LogP contribution in [0.1, 0.15) is 31.0 Å². The second kappa shape index (κ2) is 7.06. The van der Waals surface area contributed by atoms with E-state index in [-0.39, 0.29) is 5.91 Å². The Kier molecular flexibility index (Phi) is 4.68. The molecule has 1 aromatic heterocycles. The molecule has 1 aliphatic carbocycles. The molecule has 0 saturated heterocycles. The minimum Gasteiger partial charge on any atom is -0.493 e. The maximum atomic E-state index is 11.8. The summed E-state index contributed by atoms with van der Waals surface area (Å²) in [6.45, 7) is 1.68. The number of rotatable bonds is 8. The molecule has 3 rings (SSSR count). The number of hydrogen-bond donors (Lipinski definition) is 1. The van der Waals surface area contributed by atoms with Crippen molar-refractivity contribution in [3.05, 3.63) is 42.5 Å². The van der Waals surface area contributed by atoms with E-state index in [2.05, 4.69) is 15.5 Å². The molecule has 0 radical (unpaired) electrons. The highest BCUT2D eigenvalue weighted by Crippen LogP contribution is 2.38. The number of nitrogens with one attached hydrogen (secondary N) is 1.